The highest BCUT2D eigenvalue weighted by Gasteiger charge is 2.04. The zero-order chi connectivity index (χ0) is 16.9. The van der Waals surface area contributed by atoms with E-state index in [2.05, 4.69) is 20.9 Å². The molecule has 7 heteroatoms. The van der Waals surface area contributed by atoms with Gasteiger partial charge in [-0.05, 0) is 31.2 Å². The average Bonchev–Trinajstić information content (AvgIpc) is 2.58. The third kappa shape index (κ3) is 7.51. The first-order valence-corrected chi connectivity index (χ1v) is 7.64. The summed E-state index contributed by atoms with van der Waals surface area (Å²) >= 11 is 0. The highest BCUT2D eigenvalue weighted by molar-refractivity contribution is 5.94. The molecule has 0 aliphatic heterocycles. The number of ether oxygens (including phenoxy) is 2. The van der Waals surface area contributed by atoms with Gasteiger partial charge in [0.1, 0.15) is 5.75 Å². The van der Waals surface area contributed by atoms with E-state index >= 15 is 0 Å². The standard InChI is InChI=1S/C16H26N4O3/c1-4-17-16(20-11-12-22-2)19-10-9-18-15(21)13-5-7-14(23-3)8-6-13/h5-8H,4,9-12H2,1-3H3,(H,18,21)(H2,17,19,20). The number of hydrogen-bond donors (Lipinski definition) is 3. The van der Waals surface area contributed by atoms with E-state index in [4.69, 9.17) is 9.47 Å². The number of amides is 1. The number of carbonyl (C=O) groups excluding carboxylic acids is 1. The number of benzene rings is 1. The van der Waals surface area contributed by atoms with Crippen LogP contribution in [-0.4, -0.2) is 58.9 Å². The second kappa shape index (κ2) is 11.3. The minimum absolute atomic E-state index is 0.115. The van der Waals surface area contributed by atoms with Crippen LogP contribution in [0.15, 0.2) is 29.3 Å². The Morgan fingerprint density at radius 2 is 1.78 bits per heavy atom. The van der Waals surface area contributed by atoms with Gasteiger partial charge in [0.2, 0.25) is 0 Å². The number of rotatable bonds is 9. The molecule has 0 heterocycles. The van der Waals surface area contributed by atoms with Crippen molar-refractivity contribution in [3.63, 3.8) is 0 Å². The number of nitrogens with one attached hydrogen (secondary N) is 3. The van der Waals surface area contributed by atoms with Gasteiger partial charge < -0.3 is 25.4 Å². The van der Waals surface area contributed by atoms with E-state index in [1.807, 2.05) is 6.92 Å². The van der Waals surface area contributed by atoms with Gasteiger partial charge in [-0.25, -0.2) is 0 Å². The number of nitrogens with zero attached hydrogens (tertiary/aromatic N) is 1. The van der Waals surface area contributed by atoms with Gasteiger partial charge in [-0.1, -0.05) is 0 Å². The molecule has 0 radical (unpaired) electrons. The third-order valence-corrected chi connectivity index (χ3v) is 2.96. The molecule has 1 rings (SSSR count). The van der Waals surface area contributed by atoms with Crippen LogP contribution in [0.1, 0.15) is 17.3 Å². The number of aliphatic imine (C=N–C) groups is 1. The minimum Gasteiger partial charge on any atom is -0.497 e. The summed E-state index contributed by atoms with van der Waals surface area (Å²) in [5, 5.41) is 9.14. The molecule has 3 N–H and O–H groups in total. The quantitative estimate of drug-likeness (QED) is 0.353. The van der Waals surface area contributed by atoms with Crippen LogP contribution in [0, 0.1) is 0 Å². The smallest absolute Gasteiger partial charge is 0.251 e. The van der Waals surface area contributed by atoms with Gasteiger partial charge in [-0.3, -0.25) is 9.79 Å². The first kappa shape index (κ1) is 18.8. The third-order valence-electron chi connectivity index (χ3n) is 2.96. The summed E-state index contributed by atoms with van der Waals surface area (Å²) in [5.41, 5.74) is 0.603. The molecular formula is C16H26N4O3. The maximum Gasteiger partial charge on any atom is 0.251 e. The van der Waals surface area contributed by atoms with Crippen LogP contribution >= 0.6 is 0 Å². The van der Waals surface area contributed by atoms with Gasteiger partial charge in [0.25, 0.3) is 5.91 Å². The summed E-state index contributed by atoms with van der Waals surface area (Å²) < 4.78 is 10.0. The van der Waals surface area contributed by atoms with E-state index in [1.165, 1.54) is 0 Å². The van der Waals surface area contributed by atoms with Gasteiger partial charge in [0, 0.05) is 32.3 Å². The van der Waals surface area contributed by atoms with Crippen molar-refractivity contribution < 1.29 is 14.3 Å². The first-order chi connectivity index (χ1) is 11.2. The fourth-order valence-electron chi connectivity index (χ4n) is 1.79. The lowest BCUT2D eigenvalue weighted by atomic mass is 10.2. The Labute approximate surface area is 137 Å². The van der Waals surface area contributed by atoms with Crippen molar-refractivity contribution in [2.45, 2.75) is 6.92 Å². The van der Waals surface area contributed by atoms with Crippen molar-refractivity contribution in [2.24, 2.45) is 4.99 Å². The molecule has 0 aromatic heterocycles. The molecule has 0 aliphatic rings. The molecule has 1 aromatic rings. The number of methoxy groups -OCH3 is 2. The number of carbonyl (C=O) groups is 1. The largest absolute Gasteiger partial charge is 0.497 e. The predicted octanol–water partition coefficient (Wildman–Crippen LogP) is 0.627. The molecule has 0 unspecified atom stereocenters. The van der Waals surface area contributed by atoms with Crippen molar-refractivity contribution in [2.75, 3.05) is 47.0 Å². The van der Waals surface area contributed by atoms with Crippen molar-refractivity contribution in [1.29, 1.82) is 0 Å². The molecule has 0 saturated heterocycles. The van der Waals surface area contributed by atoms with Gasteiger partial charge in [0.05, 0.1) is 20.3 Å². The molecule has 1 aromatic carbocycles. The topological polar surface area (TPSA) is 84.0 Å². The van der Waals surface area contributed by atoms with Crippen molar-refractivity contribution in [3.05, 3.63) is 29.8 Å². The first-order valence-electron chi connectivity index (χ1n) is 7.64. The summed E-state index contributed by atoms with van der Waals surface area (Å²) in [5.74, 6) is 1.32. The number of hydrogen-bond acceptors (Lipinski definition) is 4. The van der Waals surface area contributed by atoms with Crippen LogP contribution in [0.3, 0.4) is 0 Å². The molecule has 0 fully saturated rings. The summed E-state index contributed by atoms with van der Waals surface area (Å²) in [4.78, 5) is 16.3. The van der Waals surface area contributed by atoms with Gasteiger partial charge in [0.15, 0.2) is 5.96 Å². The molecule has 128 valence electrons. The second-order valence-corrected chi connectivity index (χ2v) is 4.66. The van der Waals surface area contributed by atoms with Crippen molar-refractivity contribution in [1.82, 2.24) is 16.0 Å². The van der Waals surface area contributed by atoms with E-state index in [1.54, 1.807) is 38.5 Å². The van der Waals surface area contributed by atoms with E-state index in [0.29, 0.717) is 37.8 Å². The van der Waals surface area contributed by atoms with E-state index < -0.39 is 0 Å². The molecule has 0 bridgehead atoms. The summed E-state index contributed by atoms with van der Waals surface area (Å²) in [7, 11) is 3.24. The Morgan fingerprint density at radius 1 is 1.09 bits per heavy atom. The molecule has 7 nitrogen and oxygen atoms in total. The highest BCUT2D eigenvalue weighted by Crippen LogP contribution is 2.10. The van der Waals surface area contributed by atoms with E-state index in [-0.39, 0.29) is 5.91 Å². The van der Waals surface area contributed by atoms with Gasteiger partial charge in [-0.2, -0.15) is 0 Å². The Bertz CT molecular complexity index is 489. The monoisotopic (exact) mass is 322 g/mol. The van der Waals surface area contributed by atoms with Crippen LogP contribution in [-0.2, 0) is 4.74 Å². The van der Waals surface area contributed by atoms with Crippen LogP contribution in [0.5, 0.6) is 5.75 Å². The molecule has 0 saturated carbocycles. The Morgan fingerprint density at radius 3 is 2.39 bits per heavy atom. The van der Waals surface area contributed by atoms with E-state index in [0.717, 1.165) is 12.3 Å². The van der Waals surface area contributed by atoms with Crippen molar-refractivity contribution in [3.8, 4) is 5.75 Å². The maximum atomic E-state index is 12.0. The van der Waals surface area contributed by atoms with Crippen LogP contribution in [0.2, 0.25) is 0 Å². The van der Waals surface area contributed by atoms with Gasteiger partial charge >= 0.3 is 0 Å². The SMILES string of the molecule is CCNC(=NCCOC)NCCNC(=O)c1ccc(OC)cc1. The zero-order valence-electron chi connectivity index (χ0n) is 14.0. The summed E-state index contributed by atoms with van der Waals surface area (Å²) in [6.45, 7) is 5.02. The highest BCUT2D eigenvalue weighted by atomic mass is 16.5. The van der Waals surface area contributed by atoms with Gasteiger partial charge in [-0.15, -0.1) is 0 Å². The summed E-state index contributed by atoms with van der Waals surface area (Å²) in [6, 6.07) is 6.99. The number of guanidine groups is 1. The predicted molar refractivity (Wildman–Crippen MR) is 91.2 cm³/mol. The molecule has 0 spiro atoms. The van der Waals surface area contributed by atoms with Crippen LogP contribution < -0.4 is 20.7 Å². The summed E-state index contributed by atoms with van der Waals surface area (Å²) in [6.07, 6.45) is 0. The molecule has 0 atom stereocenters. The Kier molecular flexibility index (Phi) is 9.23. The zero-order valence-corrected chi connectivity index (χ0v) is 14.0. The maximum absolute atomic E-state index is 12.0. The second-order valence-electron chi connectivity index (χ2n) is 4.66. The van der Waals surface area contributed by atoms with E-state index in [9.17, 15) is 4.79 Å². The normalized spacial score (nSPS) is 11.0. The fraction of sp³-hybridized carbons (Fsp3) is 0.500. The van der Waals surface area contributed by atoms with Crippen molar-refractivity contribution >= 4 is 11.9 Å². The van der Waals surface area contributed by atoms with Crippen LogP contribution in [0.4, 0.5) is 0 Å². The minimum atomic E-state index is -0.115. The fourth-order valence-corrected chi connectivity index (χ4v) is 1.79. The lowest BCUT2D eigenvalue weighted by molar-refractivity contribution is 0.0954. The molecule has 23 heavy (non-hydrogen) atoms. The molecular weight excluding hydrogens is 296 g/mol. The lowest BCUT2D eigenvalue weighted by Gasteiger charge is -2.12. The lowest BCUT2D eigenvalue weighted by Crippen LogP contribution is -2.41. The van der Waals surface area contributed by atoms with Crippen LogP contribution in [0.25, 0.3) is 0 Å². The Balaban J connectivity index is 2.33. The average molecular weight is 322 g/mol. The molecule has 0 aliphatic carbocycles. The Hall–Kier alpha value is -2.28. The molecule has 1 amide bonds.